The van der Waals surface area contributed by atoms with Crippen molar-refractivity contribution < 1.29 is 32.2 Å². The molecule has 1 aliphatic rings. The number of carbonyl (C=O) groups excluding carboxylic acids is 2. The molecule has 194 valence electrons. The average molecular weight is 514 g/mol. The highest BCUT2D eigenvalue weighted by Crippen LogP contribution is 2.31. The summed E-state index contributed by atoms with van der Waals surface area (Å²) in [5.74, 6) is -1.44. The number of hydrogen-bond acceptors (Lipinski definition) is 5. The Morgan fingerprint density at radius 2 is 1.54 bits per heavy atom. The number of morpholine rings is 1. The molecule has 0 aromatic heterocycles. The number of amides is 2. The molecule has 0 spiro atoms. The van der Waals surface area contributed by atoms with Gasteiger partial charge in [-0.05, 0) is 42.3 Å². The van der Waals surface area contributed by atoms with Crippen molar-refractivity contribution in [3.8, 4) is 16.9 Å². The maximum absolute atomic E-state index is 12.9. The summed E-state index contributed by atoms with van der Waals surface area (Å²) in [4.78, 5) is 27.8. The van der Waals surface area contributed by atoms with E-state index in [0.29, 0.717) is 31.9 Å². The molecular formula is C27H26F3N3O4. The first-order valence-electron chi connectivity index (χ1n) is 11.7. The molecule has 3 aromatic carbocycles. The minimum absolute atomic E-state index is 0.0129. The van der Waals surface area contributed by atoms with E-state index in [2.05, 4.69) is 15.4 Å². The summed E-state index contributed by atoms with van der Waals surface area (Å²) in [5, 5.41) is 5.31. The third kappa shape index (κ3) is 7.08. The zero-order chi connectivity index (χ0) is 26.4. The van der Waals surface area contributed by atoms with E-state index in [9.17, 15) is 22.8 Å². The lowest BCUT2D eigenvalue weighted by Gasteiger charge is -2.31. The van der Waals surface area contributed by atoms with Crippen LogP contribution in [0.25, 0.3) is 11.1 Å². The minimum Gasteiger partial charge on any atom is -0.406 e. The Balaban J connectivity index is 1.53. The molecule has 3 aromatic rings. The SMILES string of the molecule is C[C@@H](C(=O)Nc1cc(OC(F)(F)F)ccc1NC(=O)c1ccc(-c2ccccc2)cc1)N1CCOCC1. The molecule has 2 N–H and O–H groups in total. The van der Waals surface area contributed by atoms with Crippen LogP contribution in [0, 0.1) is 0 Å². The third-order valence-electron chi connectivity index (χ3n) is 5.96. The highest BCUT2D eigenvalue weighted by Gasteiger charge is 2.31. The molecule has 1 atom stereocenters. The van der Waals surface area contributed by atoms with Crippen LogP contribution < -0.4 is 15.4 Å². The summed E-state index contributed by atoms with van der Waals surface area (Å²) in [7, 11) is 0. The first-order chi connectivity index (χ1) is 17.7. The summed E-state index contributed by atoms with van der Waals surface area (Å²) in [6, 6.07) is 19.3. The van der Waals surface area contributed by atoms with Crippen molar-refractivity contribution >= 4 is 23.2 Å². The Hall–Kier alpha value is -3.89. The lowest BCUT2D eigenvalue weighted by atomic mass is 10.0. The van der Waals surface area contributed by atoms with Crippen LogP contribution in [-0.2, 0) is 9.53 Å². The number of benzene rings is 3. The Morgan fingerprint density at radius 3 is 2.19 bits per heavy atom. The summed E-state index contributed by atoms with van der Waals surface area (Å²) < 4.78 is 47.7. The van der Waals surface area contributed by atoms with Crippen LogP contribution in [0.2, 0.25) is 0 Å². The van der Waals surface area contributed by atoms with Crippen molar-refractivity contribution in [2.75, 3.05) is 36.9 Å². The van der Waals surface area contributed by atoms with Crippen LogP contribution in [0.15, 0.2) is 72.8 Å². The van der Waals surface area contributed by atoms with Crippen LogP contribution in [0.4, 0.5) is 24.5 Å². The van der Waals surface area contributed by atoms with E-state index in [1.165, 1.54) is 6.07 Å². The number of anilines is 2. The summed E-state index contributed by atoms with van der Waals surface area (Å²) in [6.07, 6.45) is -4.91. The fourth-order valence-corrected chi connectivity index (χ4v) is 3.94. The van der Waals surface area contributed by atoms with Gasteiger partial charge in [-0.1, -0.05) is 42.5 Å². The summed E-state index contributed by atoms with van der Waals surface area (Å²) in [6.45, 7) is 3.76. The first-order valence-corrected chi connectivity index (χ1v) is 11.7. The van der Waals surface area contributed by atoms with Gasteiger partial charge in [-0.25, -0.2) is 0 Å². The van der Waals surface area contributed by atoms with Gasteiger partial charge in [0.1, 0.15) is 5.75 Å². The second-order valence-electron chi connectivity index (χ2n) is 8.47. The van der Waals surface area contributed by atoms with Crippen molar-refractivity contribution in [3.05, 3.63) is 78.4 Å². The van der Waals surface area contributed by atoms with Crippen LogP contribution >= 0.6 is 0 Å². The number of hydrogen-bond donors (Lipinski definition) is 2. The summed E-state index contributed by atoms with van der Waals surface area (Å²) in [5.41, 5.74) is 2.38. The third-order valence-corrected chi connectivity index (χ3v) is 5.96. The van der Waals surface area contributed by atoms with Gasteiger partial charge in [-0.2, -0.15) is 0 Å². The Labute approximate surface area is 212 Å². The number of nitrogens with zero attached hydrogens (tertiary/aromatic N) is 1. The molecule has 7 nitrogen and oxygen atoms in total. The van der Waals surface area contributed by atoms with Gasteiger partial charge in [0.2, 0.25) is 5.91 Å². The normalized spacial score (nSPS) is 15.0. The van der Waals surface area contributed by atoms with Crippen molar-refractivity contribution in [2.45, 2.75) is 19.3 Å². The van der Waals surface area contributed by atoms with Crippen molar-refractivity contribution in [1.82, 2.24) is 4.90 Å². The van der Waals surface area contributed by atoms with Crippen molar-refractivity contribution in [2.24, 2.45) is 0 Å². The number of nitrogens with one attached hydrogen (secondary N) is 2. The highest BCUT2D eigenvalue weighted by atomic mass is 19.4. The lowest BCUT2D eigenvalue weighted by Crippen LogP contribution is -2.47. The topological polar surface area (TPSA) is 79.9 Å². The van der Waals surface area contributed by atoms with Gasteiger partial charge < -0.3 is 20.1 Å². The Kier molecular flexibility index (Phi) is 8.10. The number of halogens is 3. The number of rotatable bonds is 7. The average Bonchev–Trinajstić information content (AvgIpc) is 2.90. The van der Waals surface area contributed by atoms with Gasteiger partial charge in [0.25, 0.3) is 5.91 Å². The predicted octanol–water partition coefficient (Wildman–Crippen LogP) is 5.16. The second kappa shape index (κ2) is 11.4. The zero-order valence-electron chi connectivity index (χ0n) is 20.0. The van der Waals surface area contributed by atoms with Crippen molar-refractivity contribution in [3.63, 3.8) is 0 Å². The molecule has 1 fully saturated rings. The van der Waals surface area contributed by atoms with E-state index in [1.54, 1.807) is 31.2 Å². The molecule has 1 heterocycles. The molecule has 1 saturated heterocycles. The molecule has 37 heavy (non-hydrogen) atoms. The molecule has 0 unspecified atom stereocenters. The molecule has 0 saturated carbocycles. The van der Waals surface area contributed by atoms with E-state index in [1.807, 2.05) is 35.2 Å². The van der Waals surface area contributed by atoms with E-state index in [0.717, 1.165) is 23.3 Å². The number of alkyl halides is 3. The fourth-order valence-electron chi connectivity index (χ4n) is 3.94. The molecule has 1 aliphatic heterocycles. The molecule has 0 bridgehead atoms. The molecule has 2 amide bonds. The van der Waals surface area contributed by atoms with Gasteiger partial charge in [-0.15, -0.1) is 13.2 Å². The van der Waals surface area contributed by atoms with E-state index < -0.39 is 30.0 Å². The standard InChI is InChI=1S/C27H26F3N3O4/c1-18(33-13-15-36-16-14-33)25(34)32-24-17-22(37-27(28,29)30)11-12-23(24)31-26(35)21-9-7-20(8-10-21)19-5-3-2-4-6-19/h2-12,17-18H,13-16H2,1H3,(H,31,35)(H,32,34)/t18-/m0/s1. The van der Waals surface area contributed by atoms with Gasteiger partial charge in [-0.3, -0.25) is 14.5 Å². The smallest absolute Gasteiger partial charge is 0.406 e. The summed E-state index contributed by atoms with van der Waals surface area (Å²) >= 11 is 0. The Morgan fingerprint density at radius 1 is 0.892 bits per heavy atom. The molecule has 4 rings (SSSR count). The largest absolute Gasteiger partial charge is 0.573 e. The highest BCUT2D eigenvalue weighted by molar-refractivity contribution is 6.08. The zero-order valence-corrected chi connectivity index (χ0v) is 20.0. The van der Waals surface area contributed by atoms with Crippen LogP contribution in [0.3, 0.4) is 0 Å². The minimum atomic E-state index is -4.91. The van der Waals surface area contributed by atoms with Crippen LogP contribution in [0.5, 0.6) is 5.75 Å². The van der Waals surface area contributed by atoms with Gasteiger partial charge in [0, 0.05) is 24.7 Å². The van der Waals surface area contributed by atoms with Gasteiger partial charge >= 0.3 is 6.36 Å². The molecular weight excluding hydrogens is 487 g/mol. The Bertz CT molecular complexity index is 1230. The first kappa shape index (κ1) is 26.2. The van der Waals surface area contributed by atoms with Crippen molar-refractivity contribution in [1.29, 1.82) is 0 Å². The van der Waals surface area contributed by atoms with Crippen LogP contribution in [-0.4, -0.2) is 55.4 Å². The van der Waals surface area contributed by atoms with Gasteiger partial charge in [0.05, 0.1) is 30.6 Å². The molecule has 0 radical (unpaired) electrons. The number of carbonyl (C=O) groups is 2. The predicted molar refractivity (Wildman–Crippen MR) is 133 cm³/mol. The lowest BCUT2D eigenvalue weighted by molar-refractivity contribution is -0.274. The maximum Gasteiger partial charge on any atom is 0.573 e. The maximum atomic E-state index is 12.9. The molecule has 0 aliphatic carbocycles. The van der Waals surface area contributed by atoms with E-state index in [4.69, 9.17) is 4.74 Å². The monoisotopic (exact) mass is 513 g/mol. The quantitative estimate of drug-likeness (QED) is 0.456. The van der Waals surface area contributed by atoms with Gasteiger partial charge in [0.15, 0.2) is 0 Å². The van der Waals surface area contributed by atoms with Crippen LogP contribution in [0.1, 0.15) is 17.3 Å². The second-order valence-corrected chi connectivity index (χ2v) is 8.47. The fraction of sp³-hybridized carbons (Fsp3) is 0.259. The van der Waals surface area contributed by atoms with E-state index in [-0.39, 0.29) is 11.4 Å². The number of ether oxygens (including phenoxy) is 2. The molecule has 10 heteroatoms. The van der Waals surface area contributed by atoms with E-state index >= 15 is 0 Å².